The summed E-state index contributed by atoms with van der Waals surface area (Å²) in [7, 11) is 0. The number of carboxylic acids is 1. The van der Waals surface area contributed by atoms with E-state index >= 15 is 0 Å². The quantitative estimate of drug-likeness (QED) is 0.780. The molecule has 2 aromatic carbocycles. The van der Waals surface area contributed by atoms with Crippen LogP contribution >= 0.6 is 23.2 Å². The molecule has 0 saturated heterocycles. The van der Waals surface area contributed by atoms with Crippen molar-refractivity contribution in [2.75, 3.05) is 0 Å². The van der Waals surface area contributed by atoms with Crippen LogP contribution in [0.1, 0.15) is 59.1 Å². The van der Waals surface area contributed by atoms with E-state index in [0.29, 0.717) is 26.7 Å². The molecule has 1 heterocycles. The summed E-state index contributed by atoms with van der Waals surface area (Å²) in [4.78, 5) is 27.3. The number of nitrogens with zero attached hydrogens (tertiary/aromatic N) is 1. The molecule has 1 saturated carbocycles. The van der Waals surface area contributed by atoms with Gasteiger partial charge < -0.3 is 14.8 Å². The van der Waals surface area contributed by atoms with Gasteiger partial charge in [0, 0.05) is 27.6 Å². The molecule has 140 valence electrons. The summed E-state index contributed by atoms with van der Waals surface area (Å²) < 4.78 is 0. The van der Waals surface area contributed by atoms with Gasteiger partial charge in [-0.3, -0.25) is 4.79 Å². The van der Waals surface area contributed by atoms with Gasteiger partial charge in [0.1, 0.15) is 0 Å². The van der Waals surface area contributed by atoms with Gasteiger partial charge in [0.05, 0.1) is 12.0 Å². The fourth-order valence-corrected chi connectivity index (χ4v) is 4.98. The number of carboxylic acid groups (broad SMARTS) is 1. The molecule has 0 spiro atoms. The number of hydrogen-bond donors (Lipinski definition) is 0. The smallest absolute Gasteiger partial charge is 0.254 e. The normalized spacial score (nSPS) is 22.7. The number of fused-ring (bicyclic) bond motifs is 1. The Hall–Kier alpha value is -2.04. The molecule has 0 N–H and O–H groups in total. The van der Waals surface area contributed by atoms with E-state index in [9.17, 15) is 14.7 Å². The van der Waals surface area contributed by atoms with Crippen LogP contribution in [0.15, 0.2) is 42.5 Å². The molecule has 0 bridgehead atoms. The number of rotatable bonds is 3. The Kier molecular flexibility index (Phi) is 4.87. The average Bonchev–Trinajstić information content (AvgIpc) is 3.15. The maximum absolute atomic E-state index is 13.4. The van der Waals surface area contributed by atoms with Crippen LogP contribution in [0.2, 0.25) is 10.0 Å². The fraction of sp³-hybridized carbons (Fsp3) is 0.333. The van der Waals surface area contributed by atoms with Crippen LogP contribution in [-0.2, 0) is 4.79 Å². The van der Waals surface area contributed by atoms with Crippen LogP contribution in [0.25, 0.3) is 0 Å². The third-order valence-corrected chi connectivity index (χ3v) is 6.19. The zero-order valence-corrected chi connectivity index (χ0v) is 16.0. The highest BCUT2D eigenvalue weighted by Crippen LogP contribution is 2.47. The van der Waals surface area contributed by atoms with Gasteiger partial charge in [0.25, 0.3) is 5.91 Å². The molecule has 0 aromatic heterocycles. The highest BCUT2D eigenvalue weighted by Gasteiger charge is 2.45. The molecule has 6 heteroatoms. The van der Waals surface area contributed by atoms with Crippen molar-refractivity contribution in [3.05, 3.63) is 69.2 Å². The minimum Gasteiger partial charge on any atom is -0.549 e. The second-order valence-corrected chi connectivity index (χ2v) is 7.99. The predicted molar refractivity (Wildman–Crippen MR) is 102 cm³/mol. The number of carbonyl (C=O) groups is 2. The zero-order valence-electron chi connectivity index (χ0n) is 14.5. The van der Waals surface area contributed by atoms with Crippen molar-refractivity contribution in [2.24, 2.45) is 0 Å². The molecular weight excluding hydrogens is 385 g/mol. The number of carbonyl (C=O) groups excluding carboxylic acids is 2. The molecule has 27 heavy (non-hydrogen) atoms. The number of aliphatic carboxylic acids is 1. The number of halogens is 2. The lowest BCUT2D eigenvalue weighted by Gasteiger charge is -2.46. The van der Waals surface area contributed by atoms with Crippen molar-refractivity contribution in [3.63, 3.8) is 0 Å². The third-order valence-electron chi connectivity index (χ3n) is 5.63. The van der Waals surface area contributed by atoms with Crippen LogP contribution in [0.5, 0.6) is 0 Å². The van der Waals surface area contributed by atoms with Crippen molar-refractivity contribution in [1.29, 1.82) is 0 Å². The van der Waals surface area contributed by atoms with Crippen molar-refractivity contribution in [2.45, 2.75) is 43.7 Å². The van der Waals surface area contributed by atoms with Crippen molar-refractivity contribution in [3.8, 4) is 0 Å². The van der Waals surface area contributed by atoms with E-state index in [4.69, 9.17) is 23.2 Å². The first-order chi connectivity index (χ1) is 13.0. The van der Waals surface area contributed by atoms with Gasteiger partial charge in [-0.2, -0.15) is 0 Å². The Balaban J connectivity index is 1.94. The summed E-state index contributed by atoms with van der Waals surface area (Å²) in [5.74, 6) is -2.35. The van der Waals surface area contributed by atoms with E-state index in [1.54, 1.807) is 47.4 Å². The summed E-state index contributed by atoms with van der Waals surface area (Å²) >= 11 is 12.5. The van der Waals surface area contributed by atoms with E-state index < -0.39 is 17.9 Å². The predicted octanol–water partition coefficient (Wildman–Crippen LogP) is 3.97. The van der Waals surface area contributed by atoms with Crippen LogP contribution in [0, 0.1) is 0 Å². The first-order valence-electron chi connectivity index (χ1n) is 9.06. The van der Waals surface area contributed by atoms with E-state index in [-0.39, 0.29) is 11.9 Å². The second kappa shape index (κ2) is 7.17. The Labute approximate surface area is 167 Å². The molecule has 1 aliphatic carbocycles. The topological polar surface area (TPSA) is 60.4 Å². The van der Waals surface area contributed by atoms with E-state index in [1.165, 1.54) is 0 Å². The number of hydrogen-bond acceptors (Lipinski definition) is 3. The number of benzene rings is 2. The van der Waals surface area contributed by atoms with Gasteiger partial charge >= 0.3 is 0 Å². The molecular formula is C21H18Cl2NO3-. The van der Waals surface area contributed by atoms with Crippen LogP contribution < -0.4 is 5.11 Å². The molecule has 1 amide bonds. The van der Waals surface area contributed by atoms with Crippen LogP contribution in [0.4, 0.5) is 0 Å². The lowest BCUT2D eigenvalue weighted by molar-refractivity contribution is -0.309. The van der Waals surface area contributed by atoms with Crippen molar-refractivity contribution in [1.82, 2.24) is 4.90 Å². The Morgan fingerprint density at radius 2 is 1.74 bits per heavy atom. The maximum Gasteiger partial charge on any atom is 0.254 e. The lowest BCUT2D eigenvalue weighted by Crippen LogP contribution is -2.51. The molecule has 2 atom stereocenters. The van der Waals surface area contributed by atoms with Crippen LogP contribution in [-0.4, -0.2) is 22.8 Å². The molecule has 0 radical (unpaired) electrons. The SMILES string of the molecule is O=C([O-])[C@@H]1c2ccccc2C(=O)N(C2CCCC2)[C@H]1c1ccc(Cl)cc1Cl. The Morgan fingerprint density at radius 3 is 2.41 bits per heavy atom. The second-order valence-electron chi connectivity index (χ2n) is 7.15. The van der Waals surface area contributed by atoms with Gasteiger partial charge in [0.2, 0.25) is 0 Å². The van der Waals surface area contributed by atoms with E-state index in [2.05, 4.69) is 0 Å². The summed E-state index contributed by atoms with van der Waals surface area (Å²) in [6.07, 6.45) is 3.76. The molecule has 2 aliphatic rings. The molecule has 1 aliphatic heterocycles. The van der Waals surface area contributed by atoms with Gasteiger partial charge in [0.15, 0.2) is 0 Å². The van der Waals surface area contributed by atoms with E-state index in [1.807, 2.05) is 0 Å². The number of amides is 1. The molecule has 2 aromatic rings. The summed E-state index contributed by atoms with van der Waals surface area (Å²) in [6, 6.07) is 11.1. The lowest BCUT2D eigenvalue weighted by atomic mass is 9.79. The van der Waals surface area contributed by atoms with Gasteiger partial charge in [-0.25, -0.2) is 0 Å². The monoisotopic (exact) mass is 402 g/mol. The fourth-order valence-electron chi connectivity index (χ4n) is 4.46. The van der Waals surface area contributed by atoms with Crippen molar-refractivity contribution >= 4 is 35.1 Å². The van der Waals surface area contributed by atoms with Crippen LogP contribution in [0.3, 0.4) is 0 Å². The molecule has 1 fully saturated rings. The first-order valence-corrected chi connectivity index (χ1v) is 9.82. The molecule has 0 unspecified atom stereocenters. The summed E-state index contributed by atoms with van der Waals surface area (Å²) in [5.41, 5.74) is 1.50. The Bertz CT molecular complexity index is 908. The van der Waals surface area contributed by atoms with Crippen molar-refractivity contribution < 1.29 is 14.7 Å². The minimum atomic E-state index is -1.21. The zero-order chi connectivity index (χ0) is 19.1. The minimum absolute atomic E-state index is 0.00977. The Morgan fingerprint density at radius 1 is 1.04 bits per heavy atom. The highest BCUT2D eigenvalue weighted by atomic mass is 35.5. The maximum atomic E-state index is 13.4. The average molecular weight is 403 g/mol. The summed E-state index contributed by atoms with van der Waals surface area (Å²) in [5, 5.41) is 13.0. The van der Waals surface area contributed by atoms with Gasteiger partial charge in [-0.15, -0.1) is 0 Å². The third kappa shape index (κ3) is 3.11. The first kappa shape index (κ1) is 18.3. The van der Waals surface area contributed by atoms with Gasteiger partial charge in [-0.1, -0.05) is 60.3 Å². The largest absolute Gasteiger partial charge is 0.549 e. The van der Waals surface area contributed by atoms with E-state index in [0.717, 1.165) is 25.7 Å². The standard InChI is InChI=1S/C21H19Cl2NO3/c22-12-9-10-16(17(23)11-12)19-18(21(26)27)14-7-3-4-8-15(14)20(25)24(19)13-5-1-2-6-13/h3-4,7-11,13,18-19H,1-2,5-6H2,(H,26,27)/p-1/t18-,19+/m1/s1. The highest BCUT2D eigenvalue weighted by molar-refractivity contribution is 6.35. The molecule has 4 rings (SSSR count). The van der Waals surface area contributed by atoms with Gasteiger partial charge in [-0.05, 0) is 42.2 Å². The summed E-state index contributed by atoms with van der Waals surface area (Å²) in [6.45, 7) is 0. The molecule has 4 nitrogen and oxygen atoms in total.